The Balaban J connectivity index is 2.52. The molecule has 0 bridgehead atoms. The van der Waals surface area contributed by atoms with Gasteiger partial charge in [0.1, 0.15) is 5.82 Å². The Kier molecular flexibility index (Phi) is 1.88. The van der Waals surface area contributed by atoms with E-state index < -0.39 is 0 Å². The van der Waals surface area contributed by atoms with Gasteiger partial charge in [-0.05, 0) is 12.1 Å². The number of rotatable bonds is 2. The predicted molar refractivity (Wildman–Crippen MR) is 49.2 cm³/mol. The molecular weight excluding hydrogens is 164 g/mol. The molecule has 0 saturated carbocycles. The van der Waals surface area contributed by atoms with Crippen molar-refractivity contribution in [3.63, 3.8) is 0 Å². The molecule has 0 aromatic carbocycles. The van der Waals surface area contributed by atoms with E-state index >= 15 is 0 Å². The van der Waals surface area contributed by atoms with Crippen molar-refractivity contribution < 1.29 is 0 Å². The first-order valence-electron chi connectivity index (χ1n) is 3.85. The molecule has 2 aromatic rings. The highest BCUT2D eigenvalue weighted by molar-refractivity contribution is 5.39. The van der Waals surface area contributed by atoms with E-state index in [1.165, 1.54) is 0 Å². The summed E-state index contributed by atoms with van der Waals surface area (Å²) < 4.78 is 1.77. The summed E-state index contributed by atoms with van der Waals surface area (Å²) in [5.41, 5.74) is 0. The van der Waals surface area contributed by atoms with Crippen LogP contribution in [-0.4, -0.2) is 19.5 Å². The minimum Gasteiger partial charge on any atom is -0.268 e. The summed E-state index contributed by atoms with van der Waals surface area (Å²) in [5.74, 6) is 1.35. The minimum atomic E-state index is 0.606. The van der Waals surface area contributed by atoms with E-state index in [4.69, 9.17) is 0 Å². The van der Waals surface area contributed by atoms with Crippen molar-refractivity contribution >= 4 is 6.08 Å². The molecule has 0 fully saturated rings. The molecule has 4 heteroatoms. The second-order valence-electron chi connectivity index (χ2n) is 2.41. The van der Waals surface area contributed by atoms with Gasteiger partial charge in [-0.25, -0.2) is 15.0 Å². The number of hydrogen-bond acceptors (Lipinski definition) is 3. The van der Waals surface area contributed by atoms with Gasteiger partial charge in [-0.3, -0.25) is 4.57 Å². The molecule has 0 aliphatic carbocycles. The fourth-order valence-electron chi connectivity index (χ4n) is 1.05. The summed E-state index contributed by atoms with van der Waals surface area (Å²) in [6.07, 6.45) is 8.53. The van der Waals surface area contributed by atoms with Gasteiger partial charge >= 0.3 is 0 Å². The van der Waals surface area contributed by atoms with Crippen molar-refractivity contribution in [1.82, 2.24) is 19.5 Å². The number of hydrogen-bond donors (Lipinski definition) is 0. The van der Waals surface area contributed by atoms with E-state index in [2.05, 4.69) is 21.5 Å². The van der Waals surface area contributed by atoms with Gasteiger partial charge in [0.05, 0.1) is 0 Å². The van der Waals surface area contributed by atoms with Crippen LogP contribution in [0.2, 0.25) is 0 Å². The lowest BCUT2D eigenvalue weighted by atomic mass is 10.6. The molecule has 0 N–H and O–H groups in total. The van der Waals surface area contributed by atoms with Gasteiger partial charge in [-0.2, -0.15) is 0 Å². The molecule has 13 heavy (non-hydrogen) atoms. The molecule has 64 valence electrons. The van der Waals surface area contributed by atoms with Crippen LogP contribution in [0.3, 0.4) is 0 Å². The van der Waals surface area contributed by atoms with E-state index in [0.29, 0.717) is 5.95 Å². The molecule has 0 unspecified atom stereocenters. The third-order valence-electron chi connectivity index (χ3n) is 1.62. The zero-order chi connectivity index (χ0) is 9.10. The SMILES string of the molecule is C=Cc1nccn1-c1ncccn1. The predicted octanol–water partition coefficient (Wildman–Crippen LogP) is 1.31. The van der Waals surface area contributed by atoms with Crippen LogP contribution in [0.1, 0.15) is 5.82 Å². The lowest BCUT2D eigenvalue weighted by Gasteiger charge is -2.00. The zero-order valence-corrected chi connectivity index (χ0v) is 6.96. The third-order valence-corrected chi connectivity index (χ3v) is 1.62. The first-order chi connectivity index (χ1) is 6.42. The van der Waals surface area contributed by atoms with Crippen molar-refractivity contribution in [2.45, 2.75) is 0 Å². The van der Waals surface area contributed by atoms with E-state index in [-0.39, 0.29) is 0 Å². The summed E-state index contributed by atoms with van der Waals surface area (Å²) in [4.78, 5) is 12.3. The van der Waals surface area contributed by atoms with Gasteiger partial charge in [-0.15, -0.1) is 0 Å². The normalized spacial score (nSPS) is 9.85. The second kappa shape index (κ2) is 3.18. The second-order valence-corrected chi connectivity index (χ2v) is 2.41. The van der Waals surface area contributed by atoms with Gasteiger partial charge in [0.15, 0.2) is 0 Å². The topological polar surface area (TPSA) is 43.6 Å². The molecule has 0 aliphatic heterocycles. The molecule has 0 radical (unpaired) electrons. The third kappa shape index (κ3) is 1.33. The molecular formula is C9H8N4. The molecule has 4 nitrogen and oxygen atoms in total. The fraction of sp³-hybridized carbons (Fsp3) is 0. The maximum atomic E-state index is 4.09. The molecule has 0 spiro atoms. The zero-order valence-electron chi connectivity index (χ0n) is 6.96. The van der Waals surface area contributed by atoms with Gasteiger partial charge in [0, 0.05) is 24.8 Å². The first kappa shape index (κ1) is 7.67. The largest absolute Gasteiger partial charge is 0.268 e. The summed E-state index contributed by atoms with van der Waals surface area (Å²) in [6.45, 7) is 3.65. The van der Waals surface area contributed by atoms with E-state index in [1.54, 1.807) is 41.5 Å². The number of nitrogens with zero attached hydrogens (tertiary/aromatic N) is 4. The van der Waals surface area contributed by atoms with Gasteiger partial charge in [-0.1, -0.05) is 6.58 Å². The van der Waals surface area contributed by atoms with Crippen LogP contribution < -0.4 is 0 Å². The Labute approximate surface area is 75.6 Å². The smallest absolute Gasteiger partial charge is 0.235 e. The van der Waals surface area contributed by atoms with Gasteiger partial charge < -0.3 is 0 Å². The Morgan fingerprint density at radius 3 is 2.62 bits per heavy atom. The van der Waals surface area contributed by atoms with Crippen molar-refractivity contribution in [3.05, 3.63) is 43.3 Å². The van der Waals surface area contributed by atoms with Crippen LogP contribution in [0, 0.1) is 0 Å². The summed E-state index contributed by atoms with van der Waals surface area (Å²) in [5, 5.41) is 0. The number of imidazole rings is 1. The fourth-order valence-corrected chi connectivity index (χ4v) is 1.05. The monoisotopic (exact) mass is 172 g/mol. The van der Waals surface area contributed by atoms with Crippen molar-refractivity contribution in [2.24, 2.45) is 0 Å². The Morgan fingerprint density at radius 1 is 1.15 bits per heavy atom. The lowest BCUT2D eigenvalue weighted by Crippen LogP contribution is -2.00. The maximum absolute atomic E-state index is 4.09. The molecule has 2 aromatic heterocycles. The van der Waals surface area contributed by atoms with Crippen LogP contribution in [0.4, 0.5) is 0 Å². The summed E-state index contributed by atoms with van der Waals surface area (Å²) >= 11 is 0. The van der Waals surface area contributed by atoms with Crippen LogP contribution in [-0.2, 0) is 0 Å². The summed E-state index contributed by atoms with van der Waals surface area (Å²) in [6, 6.07) is 1.77. The minimum absolute atomic E-state index is 0.606. The number of aromatic nitrogens is 4. The highest BCUT2D eigenvalue weighted by Crippen LogP contribution is 2.04. The average molecular weight is 172 g/mol. The van der Waals surface area contributed by atoms with Crippen molar-refractivity contribution in [1.29, 1.82) is 0 Å². The van der Waals surface area contributed by atoms with Crippen molar-refractivity contribution in [3.8, 4) is 5.95 Å². The van der Waals surface area contributed by atoms with E-state index in [9.17, 15) is 0 Å². The van der Waals surface area contributed by atoms with Crippen LogP contribution in [0.5, 0.6) is 0 Å². The highest BCUT2D eigenvalue weighted by atomic mass is 15.2. The van der Waals surface area contributed by atoms with Crippen LogP contribution >= 0.6 is 0 Å². The molecule has 0 saturated heterocycles. The van der Waals surface area contributed by atoms with Gasteiger partial charge in [0.25, 0.3) is 0 Å². The molecule has 2 heterocycles. The molecule has 2 rings (SSSR count). The molecule has 0 aliphatic rings. The maximum Gasteiger partial charge on any atom is 0.235 e. The van der Waals surface area contributed by atoms with E-state index in [0.717, 1.165) is 5.82 Å². The lowest BCUT2D eigenvalue weighted by molar-refractivity contribution is 0.914. The molecule has 0 amide bonds. The average Bonchev–Trinajstić information content (AvgIpc) is 2.67. The van der Waals surface area contributed by atoms with Crippen molar-refractivity contribution in [2.75, 3.05) is 0 Å². The Hall–Kier alpha value is -1.97. The van der Waals surface area contributed by atoms with E-state index in [1.807, 2.05) is 0 Å². The van der Waals surface area contributed by atoms with Crippen LogP contribution in [0.25, 0.3) is 12.0 Å². The Bertz CT molecular complexity index is 405. The van der Waals surface area contributed by atoms with Crippen LogP contribution in [0.15, 0.2) is 37.4 Å². The summed E-state index contributed by atoms with van der Waals surface area (Å²) in [7, 11) is 0. The quantitative estimate of drug-likeness (QED) is 0.685. The van der Waals surface area contributed by atoms with Gasteiger partial charge in [0.2, 0.25) is 5.95 Å². The molecule has 0 atom stereocenters. The Morgan fingerprint density at radius 2 is 1.92 bits per heavy atom. The first-order valence-corrected chi connectivity index (χ1v) is 3.85. The standard InChI is InChI=1S/C9H8N4/c1-2-8-10-6-7-13(8)9-11-4-3-5-12-9/h2-7H,1H2. The highest BCUT2D eigenvalue weighted by Gasteiger charge is 2.01.